The highest BCUT2D eigenvalue weighted by atomic mass is 35.5. The third-order valence-corrected chi connectivity index (χ3v) is 19.6. The summed E-state index contributed by atoms with van der Waals surface area (Å²) in [5.41, 5.74) is 4.33. The standard InChI is InChI=1S/C66H73Cl2N10O13PS2/c1-40(2)88-39-56-55(91-92(85,86)90-41(3)4)34-62(89-56)78-35-45(65(83)72-66(78)84)9-17-59(80)69-20-25-75(26-21-70-60(81)36-76-53-28-42(38-79)8-15-57(53)93-63(76)29-43-18-23-73(5)51-13-10-46(67)31-49(43)51)27-22-71-61(82)37-77-54-33-48(87-7)12-16-58(54)94-64(77)30-44-19-24-74(6)52-14-11-47(68)32-50(44)52/h8-19,23-24,28-33,35,40-41,55-56,62,79H,20-22,25-27,34,36-39H2,1-7H3,(H3-2,69,70,71,72,80,81,82,83,84,85,86)/p+1/b17-9+. The fourth-order valence-electron chi connectivity index (χ4n) is 11.0. The SMILES string of the molecule is COc1ccc2c(c1)N(CC(=O)NCCN(CCNC(=O)/C=C/c1cn(C3CC(OP(=O)([O-])OC(C)C)C(COC(C)C)O3)c(=O)[nH]c1=O)CCNC(=O)CN1/C(=C/c3cc[n+](C)c4ccc(Cl)cc34)Sc3ccc(CO)cc31)/C(=C/c1cc[n+](C)c3ccc(Cl)cc13)S2. The number of amides is 3. The van der Waals surface area contributed by atoms with Crippen LogP contribution in [0, 0.1) is 0 Å². The fraction of sp³-hybridized carbons (Fsp3) is 0.348. The number of hydrogen-bond acceptors (Lipinski definition) is 18. The number of anilines is 2. The number of hydrogen-bond donors (Lipinski definition) is 5. The summed E-state index contributed by atoms with van der Waals surface area (Å²) in [7, 11) is 0.713. The lowest BCUT2D eigenvalue weighted by molar-refractivity contribution is -0.645. The molecule has 1 fully saturated rings. The summed E-state index contributed by atoms with van der Waals surface area (Å²) in [5, 5.41) is 23.8. The molecule has 4 atom stereocenters. The van der Waals surface area contributed by atoms with Crippen molar-refractivity contribution < 1.29 is 61.3 Å². The van der Waals surface area contributed by atoms with Gasteiger partial charge in [-0.05, 0) is 111 Å². The molecule has 0 saturated carbocycles. The molecule has 496 valence electrons. The molecule has 94 heavy (non-hydrogen) atoms. The highest BCUT2D eigenvalue weighted by Gasteiger charge is 2.41. The Morgan fingerprint density at radius 3 is 1.90 bits per heavy atom. The van der Waals surface area contributed by atoms with Crippen molar-refractivity contribution in [2.24, 2.45) is 14.1 Å². The molecule has 0 aliphatic carbocycles. The van der Waals surface area contributed by atoms with Gasteiger partial charge in [-0.1, -0.05) is 52.8 Å². The first-order valence-electron chi connectivity index (χ1n) is 30.5. The second kappa shape index (κ2) is 31.0. The van der Waals surface area contributed by atoms with Crippen molar-refractivity contribution in [3.63, 3.8) is 0 Å². The highest BCUT2D eigenvalue weighted by Crippen LogP contribution is 2.50. The van der Waals surface area contributed by atoms with Crippen LogP contribution >= 0.6 is 54.5 Å². The van der Waals surface area contributed by atoms with E-state index in [0.717, 1.165) is 74.8 Å². The smallest absolute Gasteiger partial charge is 0.330 e. The van der Waals surface area contributed by atoms with E-state index in [1.165, 1.54) is 49.6 Å². The average molecular weight is 1380 g/mol. The lowest BCUT2D eigenvalue weighted by Crippen LogP contribution is -2.45. The number of carbonyl (C=O) groups excluding carboxylic acids is 3. The third-order valence-electron chi connectivity index (χ3n) is 15.7. The molecule has 7 aromatic rings. The molecule has 23 nitrogen and oxygen atoms in total. The van der Waals surface area contributed by atoms with Crippen LogP contribution in [0.1, 0.15) is 62.6 Å². The van der Waals surface area contributed by atoms with Gasteiger partial charge in [-0.15, -0.1) is 0 Å². The number of H-pyrrole nitrogens is 1. The number of halogens is 2. The van der Waals surface area contributed by atoms with E-state index >= 15 is 0 Å². The largest absolute Gasteiger partial charge is 0.756 e. The highest BCUT2D eigenvalue weighted by molar-refractivity contribution is 8.04. The first kappa shape index (κ1) is 69.5. The lowest BCUT2D eigenvalue weighted by Gasteiger charge is -2.29. The van der Waals surface area contributed by atoms with Crippen LogP contribution < -0.4 is 55.8 Å². The number of nitrogens with zero attached hydrogens (tertiary/aromatic N) is 6. The Kier molecular flexibility index (Phi) is 22.9. The Hall–Kier alpha value is -7.36. The maximum absolute atomic E-state index is 14.2. The summed E-state index contributed by atoms with van der Waals surface area (Å²) >= 11 is 16.1. The summed E-state index contributed by atoms with van der Waals surface area (Å²) in [5.74, 6) is -0.493. The second-order valence-electron chi connectivity index (χ2n) is 23.1. The average Bonchev–Trinajstić information content (AvgIpc) is 1.58. The van der Waals surface area contributed by atoms with Crippen LogP contribution in [0.5, 0.6) is 5.75 Å². The van der Waals surface area contributed by atoms with E-state index in [1.807, 2.05) is 147 Å². The van der Waals surface area contributed by atoms with Crippen LogP contribution in [0.4, 0.5) is 11.4 Å². The van der Waals surface area contributed by atoms with E-state index in [1.54, 1.807) is 21.0 Å². The number of aromatic nitrogens is 4. The van der Waals surface area contributed by atoms with E-state index in [-0.39, 0.29) is 82.4 Å². The lowest BCUT2D eigenvalue weighted by atomic mass is 10.1. The number of fused-ring (bicyclic) bond motifs is 4. The van der Waals surface area contributed by atoms with Crippen molar-refractivity contribution in [2.75, 3.05) is 75.9 Å². The Bertz CT molecular complexity index is 4100. The van der Waals surface area contributed by atoms with Crippen molar-refractivity contribution in [1.82, 2.24) is 30.4 Å². The molecule has 3 aliphatic heterocycles. The minimum Gasteiger partial charge on any atom is -0.756 e. The van der Waals surface area contributed by atoms with Crippen molar-refractivity contribution in [1.29, 1.82) is 0 Å². The summed E-state index contributed by atoms with van der Waals surface area (Å²) in [6.45, 7) is 7.65. The summed E-state index contributed by atoms with van der Waals surface area (Å²) < 4.78 is 45.7. The van der Waals surface area contributed by atoms with Crippen LogP contribution in [-0.2, 0) is 58.2 Å². The number of aromatic amines is 1. The molecule has 4 aromatic carbocycles. The van der Waals surface area contributed by atoms with Gasteiger partial charge in [-0.2, -0.15) is 0 Å². The molecule has 1 saturated heterocycles. The number of phosphoric acid groups is 1. The van der Waals surface area contributed by atoms with Gasteiger partial charge in [0.05, 0.1) is 76.4 Å². The Labute approximate surface area is 561 Å². The van der Waals surface area contributed by atoms with Gasteiger partial charge in [-0.3, -0.25) is 38.2 Å². The van der Waals surface area contributed by atoms with Crippen molar-refractivity contribution >= 4 is 124 Å². The number of ether oxygens (including phenoxy) is 3. The maximum Gasteiger partial charge on any atom is 0.330 e. The van der Waals surface area contributed by atoms with Gasteiger partial charge in [0.2, 0.25) is 28.8 Å². The summed E-state index contributed by atoms with van der Waals surface area (Å²) in [6.07, 6.45) is 7.43. The van der Waals surface area contributed by atoms with Crippen molar-refractivity contribution in [3.05, 3.63) is 173 Å². The molecule has 0 bridgehead atoms. The Balaban J connectivity index is 0.834. The van der Waals surface area contributed by atoms with E-state index in [0.29, 0.717) is 34.4 Å². The zero-order valence-electron chi connectivity index (χ0n) is 52.8. The number of aryl methyl sites for hydroxylation is 2. The van der Waals surface area contributed by atoms with Gasteiger partial charge >= 0.3 is 5.69 Å². The first-order valence-corrected chi connectivity index (χ1v) is 34.3. The number of rotatable bonds is 27. The van der Waals surface area contributed by atoms with Gasteiger partial charge in [0.15, 0.2) is 12.4 Å². The molecule has 5 N–H and O–H groups in total. The molecule has 6 heterocycles. The van der Waals surface area contributed by atoms with Gasteiger partial charge < -0.3 is 59.0 Å². The second-order valence-corrected chi connectivity index (χ2v) is 27.4. The van der Waals surface area contributed by atoms with Gasteiger partial charge in [0, 0.05) is 108 Å². The number of aliphatic hydroxyl groups excluding tert-OH is 1. The predicted octanol–water partition coefficient (Wildman–Crippen LogP) is 7.18. The van der Waals surface area contributed by atoms with Crippen LogP contribution in [0.15, 0.2) is 139 Å². The van der Waals surface area contributed by atoms with Crippen molar-refractivity contribution in [3.8, 4) is 5.75 Å². The summed E-state index contributed by atoms with van der Waals surface area (Å²) in [6, 6.07) is 26.9. The quantitative estimate of drug-likeness (QED) is 0.0194. The number of methoxy groups -OCH3 is 1. The molecule has 3 aliphatic rings. The molecule has 10 rings (SSSR count). The normalized spacial score (nSPS) is 17.7. The number of thioether (sulfide) groups is 2. The molecule has 28 heteroatoms. The Morgan fingerprint density at radius 1 is 0.787 bits per heavy atom. The van der Waals surface area contributed by atoms with Crippen molar-refractivity contribution in [2.45, 2.75) is 81.2 Å². The minimum absolute atomic E-state index is 0.0347. The molecule has 0 radical (unpaired) electrons. The molecule has 4 unspecified atom stereocenters. The number of nitrogens with one attached hydrogen (secondary N) is 4. The predicted molar refractivity (Wildman–Crippen MR) is 362 cm³/mol. The zero-order valence-corrected chi connectivity index (χ0v) is 56.9. The molecular weight excluding hydrogens is 1310 g/mol. The molecular formula is C66H74Cl2N10O13PS2+. The van der Waals surface area contributed by atoms with Crippen LogP contribution in [0.3, 0.4) is 0 Å². The van der Waals surface area contributed by atoms with Crippen LogP contribution in [0.2, 0.25) is 10.0 Å². The minimum atomic E-state index is -4.80. The third kappa shape index (κ3) is 17.4. The van der Waals surface area contributed by atoms with Crippen LogP contribution in [-0.4, -0.2) is 128 Å². The summed E-state index contributed by atoms with van der Waals surface area (Å²) in [4.78, 5) is 90.9. The maximum atomic E-state index is 14.2. The van der Waals surface area contributed by atoms with E-state index in [4.69, 9.17) is 46.5 Å². The fourth-order valence-corrected chi connectivity index (χ4v) is 14.7. The topological polar surface area (TPSA) is 266 Å². The Morgan fingerprint density at radius 2 is 1.35 bits per heavy atom. The number of benzene rings is 4. The van der Waals surface area contributed by atoms with Gasteiger partial charge in [0.25, 0.3) is 13.4 Å². The first-order chi connectivity index (χ1) is 45.0. The number of pyridine rings is 2. The number of aliphatic hydroxyl groups is 1. The number of carbonyl (C=O) groups is 3. The van der Waals surface area contributed by atoms with E-state index in [9.17, 15) is 38.5 Å². The van der Waals surface area contributed by atoms with E-state index in [2.05, 4.69) is 20.9 Å². The monoisotopic (exact) mass is 1380 g/mol. The zero-order chi connectivity index (χ0) is 67.0. The van der Waals surface area contributed by atoms with Gasteiger partial charge in [0.1, 0.15) is 45.3 Å². The van der Waals surface area contributed by atoms with E-state index < -0.39 is 49.5 Å². The number of phosphoric ester groups is 1. The van der Waals surface area contributed by atoms with Crippen LogP contribution in [0.25, 0.3) is 40.0 Å². The molecule has 3 aromatic heterocycles. The molecule has 3 amide bonds. The molecule has 0 spiro atoms. The van der Waals surface area contributed by atoms with Gasteiger partial charge in [-0.25, -0.2) is 13.9 Å².